The van der Waals surface area contributed by atoms with Gasteiger partial charge in [0, 0.05) is 0 Å². The summed E-state index contributed by atoms with van der Waals surface area (Å²) in [5.74, 6) is -1.24. The molecule has 0 spiro atoms. The number of hydrogen-bond donors (Lipinski definition) is 1. The molecule has 1 N–H and O–H groups in total. The first-order chi connectivity index (χ1) is 11.1. The summed E-state index contributed by atoms with van der Waals surface area (Å²) in [5, 5.41) is 5.89. The maximum atomic E-state index is 11.9. The lowest BCUT2D eigenvalue weighted by Crippen LogP contribution is -2.21. The first kappa shape index (κ1) is 17.0. The Kier molecular flexibility index (Phi) is 5.72. The highest BCUT2D eigenvalue weighted by atomic mass is 32.1. The number of hydrogen-bond acceptors (Lipinski definition) is 8. The molecule has 0 aromatic carbocycles. The summed E-state index contributed by atoms with van der Waals surface area (Å²) in [4.78, 5) is 35.5. The first-order valence-electron chi connectivity index (χ1n) is 6.31. The zero-order chi connectivity index (χ0) is 16.8. The Hall–Kier alpha value is -2.39. The van der Waals surface area contributed by atoms with E-state index in [1.165, 1.54) is 14.2 Å². The summed E-state index contributed by atoms with van der Waals surface area (Å²) in [6.07, 6.45) is 0. The van der Waals surface area contributed by atoms with Gasteiger partial charge in [0.2, 0.25) is 0 Å². The van der Waals surface area contributed by atoms with Crippen molar-refractivity contribution in [2.24, 2.45) is 0 Å². The van der Waals surface area contributed by atoms with Crippen LogP contribution in [0.25, 0.3) is 0 Å². The first-order valence-corrected chi connectivity index (χ1v) is 8.07. The molecule has 0 atom stereocenters. The van der Waals surface area contributed by atoms with Gasteiger partial charge >= 0.3 is 11.9 Å². The highest BCUT2D eigenvalue weighted by Crippen LogP contribution is 2.26. The van der Waals surface area contributed by atoms with Crippen LogP contribution < -0.4 is 10.1 Å². The van der Waals surface area contributed by atoms with E-state index in [1.54, 1.807) is 22.9 Å². The summed E-state index contributed by atoms with van der Waals surface area (Å²) in [6, 6.07) is 3.17. The smallest absolute Gasteiger partial charge is 0.351 e. The lowest BCUT2D eigenvalue weighted by Gasteiger charge is -2.07. The van der Waals surface area contributed by atoms with Crippen LogP contribution in [0.1, 0.15) is 19.3 Å². The number of carbonyl (C=O) groups excluding carboxylic acids is 3. The van der Waals surface area contributed by atoms with E-state index in [9.17, 15) is 14.4 Å². The summed E-state index contributed by atoms with van der Waals surface area (Å²) in [5.41, 5.74) is 0.356. The molecule has 2 heterocycles. The van der Waals surface area contributed by atoms with Crippen LogP contribution in [0.5, 0.6) is 5.75 Å². The van der Waals surface area contributed by atoms with Crippen LogP contribution in [-0.4, -0.2) is 38.7 Å². The van der Waals surface area contributed by atoms with Gasteiger partial charge in [0.25, 0.3) is 5.91 Å². The van der Waals surface area contributed by atoms with Gasteiger partial charge < -0.3 is 19.5 Å². The molecule has 2 rings (SSSR count). The van der Waals surface area contributed by atoms with Crippen LogP contribution in [0.3, 0.4) is 0 Å². The molecule has 122 valence electrons. The van der Waals surface area contributed by atoms with Gasteiger partial charge in [-0.05, 0) is 22.9 Å². The quantitative estimate of drug-likeness (QED) is 0.800. The number of carbonyl (C=O) groups is 3. The standard InChI is InChI=1S/C14H13NO6S2/c1-19-13(17)11-8(3-5-22-11)15-10(16)7-21-9-4-6-23-12(9)14(18)20-2/h3-6H,7H2,1-2H3,(H,15,16). The lowest BCUT2D eigenvalue weighted by atomic mass is 10.4. The van der Waals surface area contributed by atoms with Crippen LogP contribution in [0.4, 0.5) is 5.69 Å². The van der Waals surface area contributed by atoms with Crippen molar-refractivity contribution in [1.29, 1.82) is 0 Å². The second-order valence-electron chi connectivity index (χ2n) is 4.10. The molecule has 0 saturated carbocycles. The summed E-state index contributed by atoms with van der Waals surface area (Å²) < 4.78 is 14.6. The molecular formula is C14H13NO6S2. The molecule has 0 radical (unpaired) electrons. The molecule has 7 nitrogen and oxygen atoms in total. The van der Waals surface area contributed by atoms with Crippen molar-refractivity contribution in [1.82, 2.24) is 0 Å². The lowest BCUT2D eigenvalue weighted by molar-refractivity contribution is -0.118. The van der Waals surface area contributed by atoms with Crippen molar-refractivity contribution in [2.75, 3.05) is 26.1 Å². The average Bonchev–Trinajstić information content (AvgIpc) is 3.20. The molecule has 0 fully saturated rings. The van der Waals surface area contributed by atoms with Crippen molar-refractivity contribution in [3.8, 4) is 5.75 Å². The van der Waals surface area contributed by atoms with Gasteiger partial charge in [-0.25, -0.2) is 9.59 Å². The number of anilines is 1. The van der Waals surface area contributed by atoms with Crippen molar-refractivity contribution >= 4 is 46.2 Å². The monoisotopic (exact) mass is 355 g/mol. The topological polar surface area (TPSA) is 90.9 Å². The Morgan fingerprint density at radius 1 is 1.00 bits per heavy atom. The second kappa shape index (κ2) is 7.75. The highest BCUT2D eigenvalue weighted by molar-refractivity contribution is 7.12. The van der Waals surface area contributed by atoms with E-state index in [0.29, 0.717) is 10.6 Å². The van der Waals surface area contributed by atoms with E-state index >= 15 is 0 Å². The van der Waals surface area contributed by atoms with Crippen LogP contribution in [-0.2, 0) is 14.3 Å². The fraction of sp³-hybridized carbons (Fsp3) is 0.214. The number of nitrogens with one attached hydrogen (secondary N) is 1. The number of esters is 2. The maximum absolute atomic E-state index is 11.9. The van der Waals surface area contributed by atoms with Crippen LogP contribution in [0.2, 0.25) is 0 Å². The van der Waals surface area contributed by atoms with Gasteiger partial charge in [0.1, 0.15) is 10.6 Å². The molecule has 0 saturated heterocycles. The van der Waals surface area contributed by atoms with Gasteiger partial charge in [0.05, 0.1) is 19.9 Å². The van der Waals surface area contributed by atoms with Crippen molar-refractivity contribution in [3.63, 3.8) is 0 Å². The molecule has 0 aliphatic heterocycles. The van der Waals surface area contributed by atoms with E-state index in [-0.39, 0.29) is 17.2 Å². The summed E-state index contributed by atoms with van der Waals surface area (Å²) in [6.45, 7) is -0.308. The Morgan fingerprint density at radius 3 is 2.30 bits per heavy atom. The molecule has 0 aliphatic rings. The number of amides is 1. The van der Waals surface area contributed by atoms with Gasteiger partial charge in [-0.2, -0.15) is 0 Å². The van der Waals surface area contributed by atoms with Gasteiger partial charge in [-0.15, -0.1) is 22.7 Å². The third kappa shape index (κ3) is 4.08. The minimum atomic E-state index is -0.527. The summed E-state index contributed by atoms with van der Waals surface area (Å²) in [7, 11) is 2.53. The molecule has 9 heteroatoms. The number of rotatable bonds is 6. The zero-order valence-electron chi connectivity index (χ0n) is 12.3. The fourth-order valence-corrected chi connectivity index (χ4v) is 3.16. The van der Waals surface area contributed by atoms with Gasteiger partial charge in [-0.3, -0.25) is 4.79 Å². The third-order valence-corrected chi connectivity index (χ3v) is 4.44. The second-order valence-corrected chi connectivity index (χ2v) is 5.93. The van der Waals surface area contributed by atoms with Gasteiger partial charge in [0.15, 0.2) is 11.5 Å². The molecule has 23 heavy (non-hydrogen) atoms. The third-order valence-electron chi connectivity index (χ3n) is 2.67. The van der Waals surface area contributed by atoms with E-state index in [4.69, 9.17) is 4.74 Å². The largest absolute Gasteiger partial charge is 0.482 e. The molecule has 2 aromatic rings. The number of ether oxygens (including phenoxy) is 3. The van der Waals surface area contributed by atoms with Crippen molar-refractivity contribution < 1.29 is 28.6 Å². The zero-order valence-corrected chi connectivity index (χ0v) is 13.9. The van der Waals surface area contributed by atoms with Crippen LogP contribution in [0, 0.1) is 0 Å². The van der Waals surface area contributed by atoms with E-state index in [0.717, 1.165) is 22.7 Å². The Morgan fingerprint density at radius 2 is 1.61 bits per heavy atom. The number of methoxy groups -OCH3 is 2. The molecule has 1 amide bonds. The van der Waals surface area contributed by atoms with E-state index in [2.05, 4.69) is 14.8 Å². The predicted molar refractivity (Wildman–Crippen MR) is 85.4 cm³/mol. The van der Waals surface area contributed by atoms with Gasteiger partial charge in [-0.1, -0.05) is 0 Å². The SMILES string of the molecule is COC(=O)c1sccc1NC(=O)COc1ccsc1C(=O)OC. The Labute approximate surface area is 139 Å². The molecule has 0 bridgehead atoms. The minimum Gasteiger partial charge on any atom is -0.482 e. The minimum absolute atomic E-state index is 0.274. The average molecular weight is 355 g/mol. The van der Waals surface area contributed by atoms with Crippen molar-refractivity contribution in [2.45, 2.75) is 0 Å². The molecular weight excluding hydrogens is 342 g/mol. The predicted octanol–water partition coefficient (Wildman–Crippen LogP) is 2.40. The molecule has 0 unspecified atom stereocenters. The molecule has 2 aromatic heterocycles. The fourth-order valence-electron chi connectivity index (χ4n) is 1.64. The summed E-state index contributed by atoms with van der Waals surface area (Å²) >= 11 is 2.32. The maximum Gasteiger partial charge on any atom is 0.351 e. The normalized spacial score (nSPS) is 10.0. The Balaban J connectivity index is 1.96. The number of thiophene rings is 2. The highest BCUT2D eigenvalue weighted by Gasteiger charge is 2.18. The Bertz CT molecular complexity index is 720. The molecule has 0 aliphatic carbocycles. The van der Waals surface area contributed by atoms with Crippen LogP contribution >= 0.6 is 22.7 Å². The van der Waals surface area contributed by atoms with Crippen LogP contribution in [0.15, 0.2) is 22.9 Å². The van der Waals surface area contributed by atoms with E-state index < -0.39 is 17.8 Å². The van der Waals surface area contributed by atoms with E-state index in [1.807, 2.05) is 0 Å². The van der Waals surface area contributed by atoms with Crippen molar-refractivity contribution in [3.05, 3.63) is 32.6 Å².